The Morgan fingerprint density at radius 2 is 1.64 bits per heavy atom. The molecule has 5 rings (SSSR count). The summed E-state index contributed by atoms with van der Waals surface area (Å²) in [5, 5.41) is 11.9. The van der Waals surface area contributed by atoms with Gasteiger partial charge in [-0.15, -0.1) is 10.2 Å². The van der Waals surface area contributed by atoms with Gasteiger partial charge in [-0.25, -0.2) is 0 Å². The molecule has 3 aromatic rings. The molecule has 7 nitrogen and oxygen atoms in total. The van der Waals surface area contributed by atoms with Gasteiger partial charge in [-0.1, -0.05) is 68.4 Å². The molecule has 2 amide bonds. The summed E-state index contributed by atoms with van der Waals surface area (Å²) in [5.41, 5.74) is 11.0. The van der Waals surface area contributed by atoms with Crippen LogP contribution in [0, 0.1) is 11.8 Å². The molecule has 0 unspecified atom stereocenters. The predicted molar refractivity (Wildman–Crippen MR) is 155 cm³/mol. The first-order valence-corrected chi connectivity index (χ1v) is 14.1. The predicted octanol–water partition coefficient (Wildman–Crippen LogP) is 5.76. The van der Waals surface area contributed by atoms with Gasteiger partial charge in [0.05, 0.1) is 0 Å². The van der Waals surface area contributed by atoms with Crippen LogP contribution in [0.5, 0.6) is 0 Å². The molecule has 1 aromatic heterocycles. The highest BCUT2D eigenvalue weighted by molar-refractivity contribution is 5.91. The van der Waals surface area contributed by atoms with Crippen LogP contribution >= 0.6 is 0 Å². The lowest BCUT2D eigenvalue weighted by molar-refractivity contribution is -0.136. The van der Waals surface area contributed by atoms with Crippen LogP contribution in [0.4, 0.5) is 5.82 Å². The molecule has 2 fully saturated rings. The highest BCUT2D eigenvalue weighted by Gasteiger charge is 2.39. The summed E-state index contributed by atoms with van der Waals surface area (Å²) in [5.74, 6) is 0.907. The molecule has 0 radical (unpaired) electrons. The Morgan fingerprint density at radius 1 is 0.974 bits per heavy atom. The quantitative estimate of drug-likeness (QED) is 0.389. The SMILES string of the molecule is CC(C)C(=O)N(C)C1CCC(CC(=O)Nc2cc(-c3ccccc3)c(-c3ccc(C4(N)CC4)cc3)nn2)CC1. The average Bonchev–Trinajstić information content (AvgIpc) is 3.71. The van der Waals surface area contributed by atoms with Crippen molar-refractivity contribution >= 4 is 17.6 Å². The molecule has 39 heavy (non-hydrogen) atoms. The normalized spacial score (nSPS) is 19.9. The molecule has 2 aliphatic carbocycles. The Labute approximate surface area is 231 Å². The van der Waals surface area contributed by atoms with E-state index in [2.05, 4.69) is 39.8 Å². The first-order chi connectivity index (χ1) is 18.7. The number of carbonyl (C=O) groups excluding carboxylic acids is 2. The molecule has 0 bridgehead atoms. The summed E-state index contributed by atoms with van der Waals surface area (Å²) in [6.45, 7) is 3.88. The van der Waals surface area contributed by atoms with Gasteiger partial charge in [0.15, 0.2) is 5.82 Å². The Hall–Kier alpha value is -3.58. The van der Waals surface area contributed by atoms with E-state index in [0.29, 0.717) is 18.2 Å². The third-order valence-corrected chi connectivity index (χ3v) is 8.35. The standard InChI is InChI=1S/C32H39N5O2/c1-21(2)31(39)37(3)26-15-9-22(10-16-26)19-29(38)34-28-20-27(23-7-5-4-6-8-23)30(36-35-28)24-11-13-25(14-12-24)32(33)17-18-32/h4-8,11-14,20-22,26H,9-10,15-19,33H2,1-3H3,(H,34,35,38). The second-order valence-corrected chi connectivity index (χ2v) is 11.6. The molecular formula is C32H39N5O2. The zero-order valence-corrected chi connectivity index (χ0v) is 23.2. The monoisotopic (exact) mass is 525 g/mol. The smallest absolute Gasteiger partial charge is 0.225 e. The number of benzene rings is 2. The second-order valence-electron chi connectivity index (χ2n) is 11.6. The molecule has 0 spiro atoms. The lowest BCUT2D eigenvalue weighted by atomic mass is 9.83. The number of carbonyl (C=O) groups is 2. The Morgan fingerprint density at radius 3 is 2.26 bits per heavy atom. The third kappa shape index (κ3) is 6.19. The minimum atomic E-state index is -0.179. The highest BCUT2D eigenvalue weighted by Crippen LogP contribution is 2.43. The number of hydrogen-bond acceptors (Lipinski definition) is 5. The number of nitrogens with two attached hydrogens (primary N) is 1. The maximum Gasteiger partial charge on any atom is 0.225 e. The lowest BCUT2D eigenvalue weighted by Gasteiger charge is -2.35. The van der Waals surface area contributed by atoms with Gasteiger partial charge in [0.2, 0.25) is 11.8 Å². The van der Waals surface area contributed by atoms with E-state index in [0.717, 1.165) is 66.5 Å². The van der Waals surface area contributed by atoms with E-state index in [1.807, 2.05) is 62.2 Å². The number of rotatable bonds is 8. The lowest BCUT2D eigenvalue weighted by Crippen LogP contribution is -2.41. The molecule has 2 aromatic carbocycles. The number of aromatic nitrogens is 2. The van der Waals surface area contributed by atoms with Crippen molar-refractivity contribution in [2.45, 2.75) is 70.4 Å². The molecule has 2 saturated carbocycles. The van der Waals surface area contributed by atoms with Crippen LogP contribution in [0.1, 0.15) is 64.4 Å². The Kier molecular flexibility index (Phi) is 7.80. The summed E-state index contributed by atoms with van der Waals surface area (Å²) < 4.78 is 0. The third-order valence-electron chi connectivity index (χ3n) is 8.35. The number of nitrogens with zero attached hydrogens (tertiary/aromatic N) is 3. The van der Waals surface area contributed by atoms with E-state index in [1.165, 1.54) is 0 Å². The van der Waals surface area contributed by atoms with E-state index < -0.39 is 0 Å². The Balaban J connectivity index is 1.27. The maximum absolute atomic E-state index is 13.0. The van der Waals surface area contributed by atoms with Gasteiger partial charge in [0, 0.05) is 42.1 Å². The maximum atomic E-state index is 13.0. The molecular weight excluding hydrogens is 486 g/mol. The van der Waals surface area contributed by atoms with Crippen molar-refractivity contribution in [2.24, 2.45) is 17.6 Å². The van der Waals surface area contributed by atoms with Crippen LogP contribution in [0.15, 0.2) is 60.7 Å². The van der Waals surface area contributed by atoms with E-state index >= 15 is 0 Å². The molecule has 0 aliphatic heterocycles. The number of nitrogens with one attached hydrogen (secondary N) is 1. The van der Waals surface area contributed by atoms with Crippen LogP contribution in [0.3, 0.4) is 0 Å². The summed E-state index contributed by atoms with van der Waals surface area (Å²) in [7, 11) is 1.91. The molecule has 204 valence electrons. The fourth-order valence-electron chi connectivity index (χ4n) is 5.67. The van der Waals surface area contributed by atoms with E-state index in [-0.39, 0.29) is 29.3 Å². The van der Waals surface area contributed by atoms with E-state index in [4.69, 9.17) is 5.73 Å². The summed E-state index contributed by atoms with van der Waals surface area (Å²) in [4.78, 5) is 27.2. The van der Waals surface area contributed by atoms with Crippen LogP contribution in [0.2, 0.25) is 0 Å². The van der Waals surface area contributed by atoms with Crippen molar-refractivity contribution in [3.8, 4) is 22.4 Å². The van der Waals surface area contributed by atoms with Gasteiger partial charge in [-0.2, -0.15) is 0 Å². The number of anilines is 1. The summed E-state index contributed by atoms with van der Waals surface area (Å²) in [6, 6.07) is 20.5. The summed E-state index contributed by atoms with van der Waals surface area (Å²) in [6.07, 6.45) is 6.23. The van der Waals surface area contributed by atoms with Crippen LogP contribution in [-0.4, -0.2) is 40.0 Å². The van der Waals surface area contributed by atoms with Gasteiger partial charge < -0.3 is 16.0 Å². The highest BCUT2D eigenvalue weighted by atomic mass is 16.2. The van der Waals surface area contributed by atoms with Crippen molar-refractivity contribution in [1.82, 2.24) is 15.1 Å². The van der Waals surface area contributed by atoms with Gasteiger partial charge in [-0.05, 0) is 61.6 Å². The van der Waals surface area contributed by atoms with Crippen LogP contribution < -0.4 is 11.1 Å². The Bertz CT molecular complexity index is 1310. The van der Waals surface area contributed by atoms with Crippen LogP contribution in [-0.2, 0) is 15.1 Å². The van der Waals surface area contributed by atoms with Crippen molar-refractivity contribution in [1.29, 1.82) is 0 Å². The fraction of sp³-hybridized carbons (Fsp3) is 0.438. The molecule has 3 N–H and O–H groups in total. The van der Waals surface area contributed by atoms with Crippen molar-refractivity contribution in [3.63, 3.8) is 0 Å². The fourth-order valence-corrected chi connectivity index (χ4v) is 5.67. The van der Waals surface area contributed by atoms with E-state index in [9.17, 15) is 9.59 Å². The summed E-state index contributed by atoms with van der Waals surface area (Å²) >= 11 is 0. The first kappa shape index (κ1) is 27.0. The van der Waals surface area contributed by atoms with Crippen molar-refractivity contribution in [2.75, 3.05) is 12.4 Å². The number of hydrogen-bond donors (Lipinski definition) is 2. The average molecular weight is 526 g/mol. The molecule has 2 aliphatic rings. The largest absolute Gasteiger partial charge is 0.343 e. The van der Waals surface area contributed by atoms with Crippen molar-refractivity contribution < 1.29 is 9.59 Å². The topological polar surface area (TPSA) is 101 Å². The minimum absolute atomic E-state index is 0.00641. The first-order valence-electron chi connectivity index (χ1n) is 14.1. The molecule has 0 saturated heterocycles. The van der Waals surface area contributed by atoms with Crippen molar-refractivity contribution in [3.05, 3.63) is 66.2 Å². The molecule has 1 heterocycles. The van der Waals surface area contributed by atoms with Gasteiger partial charge in [-0.3, -0.25) is 9.59 Å². The van der Waals surface area contributed by atoms with Gasteiger partial charge in [0.1, 0.15) is 5.69 Å². The van der Waals surface area contributed by atoms with Gasteiger partial charge >= 0.3 is 0 Å². The number of amides is 2. The van der Waals surface area contributed by atoms with Gasteiger partial charge in [0.25, 0.3) is 0 Å². The van der Waals surface area contributed by atoms with E-state index in [1.54, 1.807) is 0 Å². The zero-order chi connectivity index (χ0) is 27.6. The zero-order valence-electron chi connectivity index (χ0n) is 23.2. The molecule has 0 atom stereocenters. The second kappa shape index (κ2) is 11.3. The van der Waals surface area contributed by atoms with Crippen LogP contribution in [0.25, 0.3) is 22.4 Å². The molecule has 7 heteroatoms. The minimum Gasteiger partial charge on any atom is -0.343 e.